The van der Waals surface area contributed by atoms with Gasteiger partial charge in [-0.05, 0) is 71.3 Å². The van der Waals surface area contributed by atoms with Crippen molar-refractivity contribution in [3.05, 3.63) is 0 Å². The van der Waals surface area contributed by atoms with Gasteiger partial charge in [-0.3, -0.25) is 0 Å². The van der Waals surface area contributed by atoms with Crippen molar-refractivity contribution in [1.82, 2.24) is 0 Å². The maximum atomic E-state index is 5.80. The highest BCUT2D eigenvalue weighted by Gasteiger charge is 2.22. The van der Waals surface area contributed by atoms with Crippen molar-refractivity contribution in [2.75, 3.05) is 37.9 Å². The van der Waals surface area contributed by atoms with Gasteiger partial charge in [0.1, 0.15) is 0 Å². The Hall–Kier alpha value is 1.67. The molecule has 0 aliphatic rings. The van der Waals surface area contributed by atoms with Gasteiger partial charge in [0.15, 0.2) is 0 Å². The fraction of sp³-hybridized carbons (Fsp3) is 1.00. The molecule has 0 saturated carbocycles. The first-order chi connectivity index (χ1) is 12.6. The predicted molar refractivity (Wildman–Crippen MR) is 129 cm³/mol. The Morgan fingerprint density at radius 3 is 1.19 bits per heavy atom. The Bertz CT molecular complexity index is 269. The molecule has 0 aromatic rings. The van der Waals surface area contributed by atoms with Crippen LogP contribution in [0.2, 0.25) is 11.1 Å². The van der Waals surface area contributed by atoms with E-state index in [1.807, 2.05) is 41.2 Å². The molecular formula is C16H38O4S4Si2. The van der Waals surface area contributed by atoms with E-state index in [1.54, 1.807) is 0 Å². The van der Waals surface area contributed by atoms with Gasteiger partial charge in [-0.1, -0.05) is 35.4 Å². The van der Waals surface area contributed by atoms with Crippen molar-refractivity contribution in [3.8, 4) is 0 Å². The Morgan fingerprint density at radius 2 is 0.923 bits per heavy atom. The van der Waals surface area contributed by atoms with Crippen molar-refractivity contribution in [1.29, 1.82) is 0 Å². The van der Waals surface area contributed by atoms with Crippen LogP contribution < -0.4 is 0 Å². The highest BCUT2D eigenvalue weighted by Crippen LogP contribution is 2.44. The highest BCUT2D eigenvalue weighted by molar-refractivity contribution is 9.26. The first-order valence-corrected chi connectivity index (χ1v) is 18.0. The normalized spacial score (nSPS) is 14.3. The lowest BCUT2D eigenvalue weighted by Crippen LogP contribution is -2.28. The van der Waals surface area contributed by atoms with E-state index >= 15 is 0 Å². The molecule has 0 bridgehead atoms. The summed E-state index contributed by atoms with van der Waals surface area (Å²) >= 11 is 0. The first-order valence-electron chi connectivity index (χ1n) is 9.64. The van der Waals surface area contributed by atoms with Gasteiger partial charge < -0.3 is 17.7 Å². The zero-order valence-electron chi connectivity index (χ0n) is 17.2. The van der Waals surface area contributed by atoms with Crippen LogP contribution in [0, 0.1) is 0 Å². The van der Waals surface area contributed by atoms with Gasteiger partial charge in [0.25, 0.3) is 0 Å². The lowest BCUT2D eigenvalue weighted by atomic mass is 10.4. The Balaban J connectivity index is 3.68. The minimum Gasteiger partial charge on any atom is -0.397 e. The third-order valence-corrected chi connectivity index (χ3v) is 15.4. The molecule has 26 heavy (non-hydrogen) atoms. The van der Waals surface area contributed by atoms with Crippen molar-refractivity contribution in [3.63, 3.8) is 0 Å². The molecule has 0 aromatic heterocycles. The first kappa shape index (κ1) is 27.7. The van der Waals surface area contributed by atoms with E-state index in [1.165, 1.54) is 12.8 Å². The third-order valence-electron chi connectivity index (χ3n) is 3.69. The number of rotatable bonds is 19. The van der Waals surface area contributed by atoms with E-state index in [4.69, 9.17) is 17.7 Å². The Morgan fingerprint density at radius 1 is 0.615 bits per heavy atom. The second-order valence-electron chi connectivity index (χ2n) is 5.87. The standard InChI is InChI=1S/C16H38O4S4Si2/c1-7-17-25(18-8-2)15(5)11-13-21-23-24-22-14-12-16(6)26(19-9-3)20-10-4/h15-16,25-26H,7-14H2,1-6H3. The van der Waals surface area contributed by atoms with Crippen molar-refractivity contribution in [2.24, 2.45) is 0 Å². The minimum absolute atomic E-state index is 0.570. The summed E-state index contributed by atoms with van der Waals surface area (Å²) in [5.74, 6) is 2.31. The molecule has 0 N–H and O–H groups in total. The molecule has 0 spiro atoms. The van der Waals surface area contributed by atoms with E-state index in [0.29, 0.717) is 11.1 Å². The topological polar surface area (TPSA) is 36.9 Å². The predicted octanol–water partition coefficient (Wildman–Crippen LogP) is 5.81. The van der Waals surface area contributed by atoms with Gasteiger partial charge in [0.2, 0.25) is 0 Å². The summed E-state index contributed by atoms with van der Waals surface area (Å²) in [4.78, 5) is 0. The maximum absolute atomic E-state index is 5.80. The molecular weight excluding hydrogens is 441 g/mol. The Kier molecular flexibility index (Phi) is 21.3. The zero-order valence-corrected chi connectivity index (χ0v) is 22.8. The van der Waals surface area contributed by atoms with Gasteiger partial charge in [-0.15, -0.1) is 0 Å². The van der Waals surface area contributed by atoms with Gasteiger partial charge in [0, 0.05) is 37.9 Å². The molecule has 2 unspecified atom stereocenters. The van der Waals surface area contributed by atoms with Crippen LogP contribution in [0.15, 0.2) is 0 Å². The van der Waals surface area contributed by atoms with Crippen LogP contribution in [0.1, 0.15) is 54.4 Å². The maximum Gasteiger partial charge on any atom is 0.324 e. The van der Waals surface area contributed by atoms with Crippen LogP contribution in [-0.2, 0) is 17.7 Å². The van der Waals surface area contributed by atoms with Crippen molar-refractivity contribution >= 4 is 59.8 Å². The van der Waals surface area contributed by atoms with Crippen LogP contribution in [-0.4, -0.2) is 56.5 Å². The molecule has 0 saturated heterocycles. The summed E-state index contributed by atoms with van der Waals surface area (Å²) < 4.78 is 23.2. The molecule has 0 aliphatic carbocycles. The summed E-state index contributed by atoms with van der Waals surface area (Å²) in [5.41, 5.74) is 1.14. The smallest absolute Gasteiger partial charge is 0.324 e. The molecule has 10 heteroatoms. The SMILES string of the molecule is CCO[SiH](OCC)C(C)CCSSSSCCC(C)[SiH](OCC)OCC. The van der Waals surface area contributed by atoms with Crippen LogP contribution in [0.4, 0.5) is 0 Å². The van der Waals surface area contributed by atoms with E-state index in [2.05, 4.69) is 41.5 Å². The molecule has 0 heterocycles. The molecule has 0 radical (unpaired) electrons. The highest BCUT2D eigenvalue weighted by atomic mass is 33.7. The van der Waals surface area contributed by atoms with E-state index < -0.39 is 18.6 Å². The number of hydrogen-bond acceptors (Lipinski definition) is 8. The monoisotopic (exact) mass is 478 g/mol. The van der Waals surface area contributed by atoms with Crippen LogP contribution in [0.25, 0.3) is 0 Å². The van der Waals surface area contributed by atoms with Gasteiger partial charge in [0.05, 0.1) is 0 Å². The van der Waals surface area contributed by atoms with Crippen LogP contribution in [0.5, 0.6) is 0 Å². The van der Waals surface area contributed by atoms with E-state index in [-0.39, 0.29) is 0 Å². The van der Waals surface area contributed by atoms with E-state index in [9.17, 15) is 0 Å². The Labute approximate surface area is 180 Å². The molecule has 4 nitrogen and oxygen atoms in total. The second-order valence-corrected chi connectivity index (χ2v) is 17.2. The lowest BCUT2D eigenvalue weighted by Gasteiger charge is -2.21. The fourth-order valence-electron chi connectivity index (χ4n) is 2.26. The van der Waals surface area contributed by atoms with Gasteiger partial charge in [-0.25, -0.2) is 0 Å². The summed E-state index contributed by atoms with van der Waals surface area (Å²) in [6.45, 7) is 15.8. The average Bonchev–Trinajstić information content (AvgIpc) is 2.63. The summed E-state index contributed by atoms with van der Waals surface area (Å²) in [5, 5.41) is 0. The molecule has 2 atom stereocenters. The largest absolute Gasteiger partial charge is 0.397 e. The summed E-state index contributed by atoms with van der Waals surface area (Å²) in [6, 6.07) is 0. The molecule has 0 amide bonds. The second kappa shape index (κ2) is 20.0. The fourth-order valence-corrected chi connectivity index (χ4v) is 12.9. The average molecular weight is 479 g/mol. The molecule has 0 aromatic carbocycles. The van der Waals surface area contributed by atoms with Crippen LogP contribution in [0.3, 0.4) is 0 Å². The minimum atomic E-state index is -1.49. The summed E-state index contributed by atoms with van der Waals surface area (Å²) in [6.07, 6.45) is 2.35. The molecule has 0 aliphatic heterocycles. The molecule has 0 fully saturated rings. The van der Waals surface area contributed by atoms with Crippen molar-refractivity contribution < 1.29 is 17.7 Å². The molecule has 0 rings (SSSR count). The van der Waals surface area contributed by atoms with E-state index in [0.717, 1.165) is 37.9 Å². The quantitative estimate of drug-likeness (QED) is 0.131. The third kappa shape index (κ3) is 14.6. The van der Waals surface area contributed by atoms with Crippen molar-refractivity contribution in [2.45, 2.75) is 65.5 Å². The van der Waals surface area contributed by atoms with Gasteiger partial charge >= 0.3 is 18.6 Å². The molecule has 158 valence electrons. The zero-order chi connectivity index (χ0) is 19.6. The lowest BCUT2D eigenvalue weighted by molar-refractivity contribution is 0.204. The summed E-state index contributed by atoms with van der Waals surface area (Å²) in [7, 11) is 4.71. The van der Waals surface area contributed by atoms with Gasteiger partial charge in [-0.2, -0.15) is 0 Å². The number of hydrogen-bond donors (Lipinski definition) is 0. The van der Waals surface area contributed by atoms with Crippen LogP contribution >= 0.6 is 41.2 Å².